The molecule has 3 aromatic rings. The predicted octanol–water partition coefficient (Wildman–Crippen LogP) is 7.79. The summed E-state index contributed by atoms with van der Waals surface area (Å²) in [5, 5.41) is 1.73. The number of carbonyl (C=O) groups excluding carboxylic acids is 1. The van der Waals surface area contributed by atoms with Crippen molar-refractivity contribution in [2.24, 2.45) is 23.7 Å². The second-order valence-corrected chi connectivity index (χ2v) is 11.8. The number of hydrogen-bond donors (Lipinski definition) is 0. The molecule has 4 rings (SSSR count). The summed E-state index contributed by atoms with van der Waals surface area (Å²) in [6.07, 6.45) is 9.55. The maximum atomic E-state index is 12.7. The molecule has 1 heterocycles. The van der Waals surface area contributed by atoms with Crippen LogP contribution in [0.5, 0.6) is 5.75 Å². The van der Waals surface area contributed by atoms with Crippen LogP contribution < -0.4 is 9.64 Å². The van der Waals surface area contributed by atoms with Crippen molar-refractivity contribution in [2.75, 3.05) is 25.6 Å². The van der Waals surface area contributed by atoms with Gasteiger partial charge in [0.05, 0.1) is 5.52 Å². The van der Waals surface area contributed by atoms with Gasteiger partial charge in [0, 0.05) is 36.8 Å². The van der Waals surface area contributed by atoms with E-state index in [1.807, 2.05) is 38.4 Å². The van der Waals surface area contributed by atoms with Crippen molar-refractivity contribution in [3.8, 4) is 5.75 Å². The molecule has 1 aromatic heterocycles. The van der Waals surface area contributed by atoms with Crippen molar-refractivity contribution in [3.05, 3.63) is 59.4 Å². The second kappa shape index (κ2) is 13.4. The van der Waals surface area contributed by atoms with Gasteiger partial charge in [-0.3, -0.25) is 4.79 Å². The van der Waals surface area contributed by atoms with Gasteiger partial charge in [0.1, 0.15) is 24.0 Å². The number of carbonyl (C=O) groups is 1. The van der Waals surface area contributed by atoms with E-state index in [0.29, 0.717) is 16.7 Å². The maximum absolute atomic E-state index is 12.7. The number of Topliss-reactive ketones (excluding diaryl/α,β-unsaturated/α-hetero) is 1. The van der Waals surface area contributed by atoms with Crippen molar-refractivity contribution >= 4 is 34.1 Å². The molecule has 5 nitrogen and oxygen atoms in total. The Balaban J connectivity index is 1.18. The fourth-order valence-corrected chi connectivity index (χ4v) is 5.93. The first-order valence-corrected chi connectivity index (χ1v) is 14.5. The normalized spacial score (nSPS) is 19.2. The Labute approximate surface area is 233 Å². The third-order valence-corrected chi connectivity index (χ3v) is 8.51. The number of halogens is 1. The maximum Gasteiger partial charge on any atom is 0.173 e. The lowest BCUT2D eigenvalue weighted by Gasteiger charge is -2.31. The molecule has 38 heavy (non-hydrogen) atoms. The summed E-state index contributed by atoms with van der Waals surface area (Å²) in [6.45, 7) is 4.38. The van der Waals surface area contributed by atoms with Crippen LogP contribution in [0.2, 0.25) is 5.02 Å². The van der Waals surface area contributed by atoms with Crippen molar-refractivity contribution in [2.45, 2.75) is 65.2 Å². The van der Waals surface area contributed by atoms with Crippen LogP contribution in [0.15, 0.2) is 48.5 Å². The Bertz CT molecular complexity index is 1210. The molecule has 1 fully saturated rings. The van der Waals surface area contributed by atoms with E-state index in [4.69, 9.17) is 26.3 Å². The zero-order valence-electron chi connectivity index (χ0n) is 23.3. The topological polar surface area (TPSA) is 55.3 Å². The third kappa shape index (κ3) is 7.69. The Morgan fingerprint density at radius 3 is 2.50 bits per heavy atom. The summed E-state index contributed by atoms with van der Waals surface area (Å²) >= 11 is 6.01. The van der Waals surface area contributed by atoms with Crippen LogP contribution >= 0.6 is 11.6 Å². The molecule has 204 valence electrons. The number of ketones is 1. The largest absolute Gasteiger partial charge is 0.486 e. The molecule has 0 amide bonds. The Kier molecular flexibility index (Phi) is 10.0. The van der Waals surface area contributed by atoms with Gasteiger partial charge in [-0.25, -0.2) is 9.97 Å². The van der Waals surface area contributed by atoms with E-state index in [1.54, 1.807) is 12.1 Å². The Hall–Kier alpha value is -2.66. The monoisotopic (exact) mass is 535 g/mol. The molecule has 0 saturated heterocycles. The summed E-state index contributed by atoms with van der Waals surface area (Å²) in [5.74, 6) is 4.65. The van der Waals surface area contributed by atoms with Gasteiger partial charge in [-0.1, -0.05) is 75.8 Å². The highest BCUT2D eigenvalue weighted by Gasteiger charge is 2.27. The first kappa shape index (κ1) is 28.4. The van der Waals surface area contributed by atoms with Crippen LogP contribution in [0.1, 0.15) is 64.6 Å². The molecule has 0 N–H and O–H groups in total. The van der Waals surface area contributed by atoms with Crippen molar-refractivity contribution in [1.29, 1.82) is 0 Å². The van der Waals surface area contributed by atoms with Gasteiger partial charge in [-0.2, -0.15) is 0 Å². The van der Waals surface area contributed by atoms with Crippen LogP contribution in [0, 0.1) is 23.7 Å². The highest BCUT2D eigenvalue weighted by Crippen LogP contribution is 2.36. The number of benzene rings is 2. The van der Waals surface area contributed by atoms with E-state index in [9.17, 15) is 4.79 Å². The highest BCUT2D eigenvalue weighted by atomic mass is 35.5. The number of aromatic nitrogens is 2. The molecule has 1 saturated carbocycles. The first-order valence-electron chi connectivity index (χ1n) is 14.1. The molecule has 0 spiro atoms. The zero-order valence-corrected chi connectivity index (χ0v) is 24.1. The standard InChI is InChI=1S/C32H42ClN3O2/c1-22(23(2)30(37)21-38-27-11-8-10-26(33)20-27)19-25-17-15-24(16-18-25)9-7-14-31-34-29-13-6-5-12-28(29)32(35-31)36(3)4/h5-6,8,10-13,20,22-25H,7,9,14-19,21H2,1-4H3. The molecule has 0 aliphatic heterocycles. The van der Waals surface area contributed by atoms with Crippen molar-refractivity contribution in [3.63, 3.8) is 0 Å². The molecule has 2 atom stereocenters. The number of anilines is 1. The predicted molar refractivity (Wildman–Crippen MR) is 157 cm³/mol. The lowest BCUT2D eigenvalue weighted by Crippen LogP contribution is -2.27. The van der Waals surface area contributed by atoms with Gasteiger partial charge in [0.2, 0.25) is 0 Å². The fourth-order valence-electron chi connectivity index (χ4n) is 5.75. The number of ether oxygens (including phenoxy) is 1. The molecule has 2 aromatic carbocycles. The van der Waals surface area contributed by atoms with Gasteiger partial charge >= 0.3 is 0 Å². The van der Waals surface area contributed by atoms with Crippen molar-refractivity contribution in [1.82, 2.24) is 9.97 Å². The third-order valence-electron chi connectivity index (χ3n) is 8.28. The highest BCUT2D eigenvalue weighted by molar-refractivity contribution is 6.30. The second-order valence-electron chi connectivity index (χ2n) is 11.4. The summed E-state index contributed by atoms with van der Waals surface area (Å²) < 4.78 is 5.69. The minimum Gasteiger partial charge on any atom is -0.486 e. The number of aryl methyl sites for hydroxylation is 1. The van der Waals surface area contributed by atoms with E-state index in [2.05, 4.69) is 30.9 Å². The SMILES string of the molecule is CC(CC1CCC(CCCc2nc(N(C)C)c3ccccc3n2)CC1)C(C)C(=O)COc1cccc(Cl)c1. The summed E-state index contributed by atoms with van der Waals surface area (Å²) in [5.41, 5.74) is 1.03. The van der Waals surface area contributed by atoms with Crippen LogP contribution in [0.3, 0.4) is 0 Å². The van der Waals surface area contributed by atoms with Crippen LogP contribution in [0.4, 0.5) is 5.82 Å². The number of rotatable bonds is 12. The van der Waals surface area contributed by atoms with E-state index in [1.165, 1.54) is 32.1 Å². The zero-order chi connectivity index (χ0) is 27.1. The van der Waals surface area contributed by atoms with Gasteiger partial charge in [0.25, 0.3) is 0 Å². The van der Waals surface area contributed by atoms with Crippen LogP contribution in [-0.4, -0.2) is 36.5 Å². The van der Waals surface area contributed by atoms with Crippen molar-refractivity contribution < 1.29 is 9.53 Å². The van der Waals surface area contributed by atoms with Crippen LogP contribution in [0.25, 0.3) is 10.9 Å². The number of nitrogens with zero attached hydrogens (tertiary/aromatic N) is 3. The van der Waals surface area contributed by atoms with E-state index < -0.39 is 0 Å². The fraction of sp³-hybridized carbons (Fsp3) is 0.531. The van der Waals surface area contributed by atoms with E-state index >= 15 is 0 Å². The van der Waals surface area contributed by atoms with Gasteiger partial charge in [0.15, 0.2) is 5.78 Å². The molecular formula is C32H42ClN3O2. The summed E-state index contributed by atoms with van der Waals surface area (Å²) in [6, 6.07) is 15.5. The Morgan fingerprint density at radius 1 is 1.03 bits per heavy atom. The van der Waals surface area contributed by atoms with Gasteiger partial charge in [-0.15, -0.1) is 0 Å². The molecular weight excluding hydrogens is 494 g/mol. The molecule has 1 aliphatic carbocycles. The van der Waals surface area contributed by atoms with E-state index in [0.717, 1.165) is 53.6 Å². The average Bonchev–Trinajstić information content (AvgIpc) is 2.91. The minimum atomic E-state index is 0.000850. The summed E-state index contributed by atoms with van der Waals surface area (Å²) in [4.78, 5) is 24.5. The van der Waals surface area contributed by atoms with Crippen LogP contribution in [-0.2, 0) is 11.2 Å². The van der Waals surface area contributed by atoms with Gasteiger partial charge < -0.3 is 9.64 Å². The van der Waals surface area contributed by atoms with E-state index in [-0.39, 0.29) is 18.3 Å². The smallest absolute Gasteiger partial charge is 0.173 e. The Morgan fingerprint density at radius 2 is 1.76 bits per heavy atom. The lowest BCUT2D eigenvalue weighted by molar-refractivity contribution is -0.126. The first-order chi connectivity index (χ1) is 18.3. The summed E-state index contributed by atoms with van der Waals surface area (Å²) in [7, 11) is 4.09. The van der Waals surface area contributed by atoms with Gasteiger partial charge in [-0.05, 0) is 60.9 Å². The quantitative estimate of drug-likeness (QED) is 0.237. The average molecular weight is 536 g/mol. The lowest BCUT2D eigenvalue weighted by atomic mass is 9.74. The molecule has 0 radical (unpaired) electrons. The molecule has 1 aliphatic rings. The molecule has 6 heteroatoms. The number of hydrogen-bond acceptors (Lipinski definition) is 5. The molecule has 2 unspecified atom stereocenters. The number of para-hydroxylation sites is 1. The number of fused-ring (bicyclic) bond motifs is 1. The minimum absolute atomic E-state index is 0.000850. The molecule has 0 bridgehead atoms.